The molecule has 1 fully saturated rings. The molecule has 0 bridgehead atoms. The number of amides is 2. The number of hydrogen-bond acceptors (Lipinski definition) is 5. The van der Waals surface area contributed by atoms with Gasteiger partial charge >= 0.3 is 5.97 Å². The third kappa shape index (κ3) is 6.00. The zero-order chi connectivity index (χ0) is 24.8. The van der Waals surface area contributed by atoms with Gasteiger partial charge in [-0.1, -0.05) is 54.9 Å². The Bertz CT molecular complexity index is 1230. The number of esters is 1. The number of halogens is 1. The van der Waals surface area contributed by atoms with Crippen molar-refractivity contribution in [3.63, 3.8) is 0 Å². The highest BCUT2D eigenvalue weighted by molar-refractivity contribution is 6.31. The van der Waals surface area contributed by atoms with Gasteiger partial charge in [0.1, 0.15) is 5.75 Å². The van der Waals surface area contributed by atoms with Gasteiger partial charge in [-0.15, -0.1) is 0 Å². The first kappa shape index (κ1) is 24.3. The van der Waals surface area contributed by atoms with Crippen LogP contribution >= 0.6 is 11.6 Å². The summed E-state index contributed by atoms with van der Waals surface area (Å²) in [5, 5.41) is 3.08. The van der Waals surface area contributed by atoms with Crippen molar-refractivity contribution in [2.45, 2.75) is 19.8 Å². The first-order valence-electron chi connectivity index (χ1n) is 11.3. The number of carbonyl (C=O) groups excluding carboxylic acids is 3. The van der Waals surface area contributed by atoms with E-state index in [9.17, 15) is 14.4 Å². The number of hydrogen-bond donors (Lipinski definition) is 1. The van der Waals surface area contributed by atoms with Crippen molar-refractivity contribution in [1.29, 1.82) is 0 Å². The first-order chi connectivity index (χ1) is 16.9. The lowest BCUT2D eigenvalue weighted by Crippen LogP contribution is -2.28. The number of nitrogens with zero attached hydrogens (tertiary/aromatic N) is 1. The zero-order valence-electron chi connectivity index (χ0n) is 19.2. The molecule has 8 heteroatoms. The van der Waals surface area contributed by atoms with Crippen LogP contribution in [0.4, 0.5) is 11.4 Å². The van der Waals surface area contributed by atoms with Crippen LogP contribution in [0.2, 0.25) is 5.02 Å². The molecule has 0 spiro atoms. The van der Waals surface area contributed by atoms with Gasteiger partial charge in [0.2, 0.25) is 5.91 Å². The van der Waals surface area contributed by atoms with Crippen LogP contribution in [0, 0.1) is 5.92 Å². The van der Waals surface area contributed by atoms with E-state index in [1.165, 1.54) is 0 Å². The SMILES string of the molecule is CCc1ccccc1N1C[C@@H](C(=O)OCC(=O)Nc2cc(Cl)ccc2Oc2ccccc2)CC1=O. The molecule has 4 rings (SSSR count). The number of nitrogens with one attached hydrogen (secondary N) is 1. The molecule has 2 amide bonds. The van der Waals surface area contributed by atoms with E-state index in [1.807, 2.05) is 49.4 Å². The summed E-state index contributed by atoms with van der Waals surface area (Å²) < 4.78 is 11.1. The number of carbonyl (C=O) groups is 3. The van der Waals surface area contributed by atoms with Gasteiger partial charge in [0.25, 0.3) is 5.91 Å². The molecular weight excluding hydrogens is 468 g/mol. The summed E-state index contributed by atoms with van der Waals surface area (Å²) in [6.07, 6.45) is 0.816. The molecule has 0 unspecified atom stereocenters. The third-order valence-electron chi connectivity index (χ3n) is 5.65. The second-order valence-electron chi connectivity index (χ2n) is 8.10. The zero-order valence-corrected chi connectivity index (χ0v) is 20.0. The van der Waals surface area contributed by atoms with Gasteiger partial charge in [-0.3, -0.25) is 14.4 Å². The van der Waals surface area contributed by atoms with E-state index >= 15 is 0 Å². The molecule has 1 aliphatic heterocycles. The van der Waals surface area contributed by atoms with Gasteiger partial charge in [0.05, 0.1) is 11.6 Å². The smallest absolute Gasteiger partial charge is 0.311 e. The van der Waals surface area contributed by atoms with E-state index in [4.69, 9.17) is 21.1 Å². The second kappa shape index (κ2) is 11.1. The Kier molecular flexibility index (Phi) is 7.67. The molecule has 1 aliphatic rings. The number of aryl methyl sites for hydroxylation is 1. The highest BCUT2D eigenvalue weighted by Gasteiger charge is 2.37. The van der Waals surface area contributed by atoms with Crippen LogP contribution in [0.5, 0.6) is 11.5 Å². The molecule has 0 aliphatic carbocycles. The number of para-hydroxylation sites is 2. The van der Waals surface area contributed by atoms with Gasteiger partial charge in [0, 0.05) is 23.7 Å². The standard InChI is InChI=1S/C27H25ClN2O5/c1-2-18-8-6-7-11-23(18)30-16-19(14-26(30)32)27(33)34-17-25(31)29-22-15-20(28)12-13-24(22)35-21-9-4-3-5-10-21/h3-13,15,19H,2,14,16-17H2,1H3,(H,29,31)/t19-/m0/s1. The van der Waals surface area contributed by atoms with Crippen LogP contribution in [0.15, 0.2) is 72.8 Å². The fourth-order valence-electron chi connectivity index (χ4n) is 3.92. The molecular formula is C27H25ClN2O5. The van der Waals surface area contributed by atoms with Gasteiger partial charge in [-0.25, -0.2) is 0 Å². The van der Waals surface area contributed by atoms with Gasteiger partial charge in [0.15, 0.2) is 12.4 Å². The van der Waals surface area contributed by atoms with Crippen molar-refractivity contribution in [3.05, 3.63) is 83.4 Å². The molecule has 3 aromatic carbocycles. The Balaban J connectivity index is 1.35. The minimum Gasteiger partial charge on any atom is -0.455 e. The Labute approximate surface area is 208 Å². The van der Waals surface area contributed by atoms with E-state index < -0.39 is 24.4 Å². The lowest BCUT2D eigenvalue weighted by Gasteiger charge is -2.19. The molecule has 1 saturated heterocycles. The molecule has 7 nitrogen and oxygen atoms in total. The average Bonchev–Trinajstić information content (AvgIpc) is 3.26. The maximum atomic E-state index is 12.6. The summed E-state index contributed by atoms with van der Waals surface area (Å²) in [6, 6.07) is 21.6. The summed E-state index contributed by atoms with van der Waals surface area (Å²) in [6.45, 7) is 1.74. The van der Waals surface area contributed by atoms with Crippen LogP contribution < -0.4 is 15.0 Å². The Morgan fingerprint density at radius 2 is 1.80 bits per heavy atom. The van der Waals surface area contributed by atoms with Crippen molar-refractivity contribution in [2.75, 3.05) is 23.4 Å². The Hall–Kier alpha value is -3.84. The molecule has 0 aromatic heterocycles. The fourth-order valence-corrected chi connectivity index (χ4v) is 4.09. The highest BCUT2D eigenvalue weighted by Crippen LogP contribution is 2.32. The maximum absolute atomic E-state index is 12.6. The molecule has 1 heterocycles. The van der Waals surface area contributed by atoms with Crippen LogP contribution in [-0.2, 0) is 25.5 Å². The Morgan fingerprint density at radius 3 is 2.57 bits per heavy atom. The lowest BCUT2D eigenvalue weighted by molar-refractivity contribution is -0.151. The van der Waals surface area contributed by atoms with Crippen LogP contribution in [0.3, 0.4) is 0 Å². The van der Waals surface area contributed by atoms with E-state index in [1.54, 1.807) is 35.2 Å². The minimum atomic E-state index is -0.636. The lowest BCUT2D eigenvalue weighted by atomic mass is 10.1. The topological polar surface area (TPSA) is 84.9 Å². The average molecular weight is 493 g/mol. The molecule has 1 N–H and O–H groups in total. The van der Waals surface area contributed by atoms with Crippen molar-refractivity contribution < 1.29 is 23.9 Å². The molecule has 35 heavy (non-hydrogen) atoms. The van der Waals surface area contributed by atoms with Crippen LogP contribution in [-0.4, -0.2) is 30.9 Å². The van der Waals surface area contributed by atoms with Crippen molar-refractivity contribution >= 4 is 40.8 Å². The van der Waals surface area contributed by atoms with E-state index in [-0.39, 0.29) is 18.9 Å². The van der Waals surface area contributed by atoms with E-state index in [0.29, 0.717) is 22.2 Å². The maximum Gasteiger partial charge on any atom is 0.311 e. The predicted octanol–water partition coefficient (Wildman–Crippen LogP) is 5.23. The monoisotopic (exact) mass is 492 g/mol. The molecule has 0 saturated carbocycles. The van der Waals surface area contributed by atoms with Crippen molar-refractivity contribution in [3.8, 4) is 11.5 Å². The molecule has 0 radical (unpaired) electrons. The first-order valence-corrected chi connectivity index (χ1v) is 11.7. The molecule has 180 valence electrons. The van der Waals surface area contributed by atoms with Crippen molar-refractivity contribution in [1.82, 2.24) is 0 Å². The highest BCUT2D eigenvalue weighted by atomic mass is 35.5. The van der Waals surface area contributed by atoms with Gasteiger partial charge < -0.3 is 19.7 Å². The molecule has 3 aromatic rings. The normalized spacial score (nSPS) is 15.1. The summed E-state index contributed by atoms with van der Waals surface area (Å²) in [5.74, 6) is -0.918. The third-order valence-corrected chi connectivity index (χ3v) is 5.89. The summed E-state index contributed by atoms with van der Waals surface area (Å²) >= 11 is 6.09. The van der Waals surface area contributed by atoms with Gasteiger partial charge in [-0.2, -0.15) is 0 Å². The summed E-state index contributed by atoms with van der Waals surface area (Å²) in [5.41, 5.74) is 2.19. The fraction of sp³-hybridized carbons (Fsp3) is 0.222. The summed E-state index contributed by atoms with van der Waals surface area (Å²) in [7, 11) is 0. The van der Waals surface area contributed by atoms with Crippen LogP contribution in [0.25, 0.3) is 0 Å². The number of anilines is 2. The van der Waals surface area contributed by atoms with Gasteiger partial charge in [-0.05, 0) is 48.4 Å². The summed E-state index contributed by atoms with van der Waals surface area (Å²) in [4.78, 5) is 39.3. The Morgan fingerprint density at radius 1 is 1.06 bits per heavy atom. The van der Waals surface area contributed by atoms with E-state index in [2.05, 4.69) is 5.32 Å². The van der Waals surface area contributed by atoms with E-state index in [0.717, 1.165) is 17.7 Å². The number of rotatable bonds is 8. The minimum absolute atomic E-state index is 0.0435. The number of benzene rings is 3. The largest absolute Gasteiger partial charge is 0.455 e. The quantitative estimate of drug-likeness (QED) is 0.435. The molecule has 1 atom stereocenters. The predicted molar refractivity (Wildman–Crippen MR) is 134 cm³/mol. The number of ether oxygens (including phenoxy) is 2. The van der Waals surface area contributed by atoms with Crippen molar-refractivity contribution in [2.24, 2.45) is 5.92 Å². The van der Waals surface area contributed by atoms with Crippen LogP contribution in [0.1, 0.15) is 18.9 Å². The second-order valence-corrected chi connectivity index (χ2v) is 8.54.